The van der Waals surface area contributed by atoms with E-state index in [-0.39, 0.29) is 11.7 Å². The second kappa shape index (κ2) is 5.01. The number of carbonyl (C=O) groups is 1. The molecule has 98 valence electrons. The van der Waals surface area contributed by atoms with Crippen molar-refractivity contribution in [2.75, 3.05) is 5.32 Å². The van der Waals surface area contributed by atoms with Crippen molar-refractivity contribution in [2.45, 2.75) is 0 Å². The lowest BCUT2D eigenvalue weighted by molar-refractivity contribution is 0.102. The van der Waals surface area contributed by atoms with Crippen molar-refractivity contribution in [1.29, 1.82) is 0 Å². The van der Waals surface area contributed by atoms with Crippen molar-refractivity contribution in [3.8, 4) is 5.75 Å². The van der Waals surface area contributed by atoms with Gasteiger partial charge in [-0.2, -0.15) is 0 Å². The first kappa shape index (κ1) is 12.2. The van der Waals surface area contributed by atoms with E-state index < -0.39 is 0 Å². The van der Waals surface area contributed by atoms with Crippen LogP contribution in [-0.2, 0) is 0 Å². The fourth-order valence-electron chi connectivity index (χ4n) is 2.01. The Morgan fingerprint density at radius 2 is 1.95 bits per heavy atom. The number of nitrogens with zero attached hydrogens (tertiary/aromatic N) is 1. The van der Waals surface area contributed by atoms with E-state index in [1.165, 1.54) is 6.07 Å². The van der Waals surface area contributed by atoms with Crippen LogP contribution in [0.3, 0.4) is 0 Å². The number of phenolic OH excluding ortho intramolecular Hbond substituents is 1. The largest absolute Gasteiger partial charge is 0.508 e. The minimum atomic E-state index is -0.214. The number of carbonyl (C=O) groups excluding carboxylic acids is 1. The Labute approximate surface area is 115 Å². The van der Waals surface area contributed by atoms with Crippen LogP contribution in [0.1, 0.15) is 10.4 Å². The number of anilines is 1. The molecule has 1 aromatic heterocycles. The molecule has 2 N–H and O–H groups in total. The van der Waals surface area contributed by atoms with Crippen LogP contribution in [0.25, 0.3) is 10.8 Å². The van der Waals surface area contributed by atoms with Gasteiger partial charge in [0.25, 0.3) is 5.91 Å². The van der Waals surface area contributed by atoms with Gasteiger partial charge in [-0.3, -0.25) is 9.78 Å². The molecule has 0 unspecified atom stereocenters. The fraction of sp³-hybridized carbons (Fsp3) is 0. The highest BCUT2D eigenvalue weighted by Gasteiger charge is 2.07. The van der Waals surface area contributed by atoms with Crippen LogP contribution >= 0.6 is 0 Å². The molecule has 4 nitrogen and oxygen atoms in total. The monoisotopic (exact) mass is 264 g/mol. The van der Waals surface area contributed by atoms with Crippen LogP contribution in [0.2, 0.25) is 0 Å². The van der Waals surface area contributed by atoms with Crippen LogP contribution in [0, 0.1) is 0 Å². The summed E-state index contributed by atoms with van der Waals surface area (Å²) in [6.07, 6.45) is 3.45. The molecule has 0 aliphatic rings. The van der Waals surface area contributed by atoms with E-state index in [9.17, 15) is 9.90 Å². The second-order valence-electron chi connectivity index (χ2n) is 4.44. The van der Waals surface area contributed by atoms with Gasteiger partial charge in [0.15, 0.2) is 0 Å². The second-order valence-corrected chi connectivity index (χ2v) is 4.44. The predicted molar refractivity (Wildman–Crippen MR) is 77.8 cm³/mol. The van der Waals surface area contributed by atoms with Gasteiger partial charge in [-0.05, 0) is 35.7 Å². The summed E-state index contributed by atoms with van der Waals surface area (Å²) in [6.45, 7) is 0. The first-order valence-electron chi connectivity index (χ1n) is 6.16. The Bertz CT molecular complexity index is 784. The highest BCUT2D eigenvalue weighted by atomic mass is 16.3. The number of aromatic nitrogens is 1. The number of rotatable bonds is 2. The van der Waals surface area contributed by atoms with Gasteiger partial charge in [-0.15, -0.1) is 0 Å². The lowest BCUT2D eigenvalue weighted by atomic mass is 10.1. The van der Waals surface area contributed by atoms with Gasteiger partial charge in [0.2, 0.25) is 0 Å². The van der Waals surface area contributed by atoms with Crippen molar-refractivity contribution in [2.24, 2.45) is 0 Å². The molecule has 0 radical (unpaired) electrons. The first-order valence-corrected chi connectivity index (χ1v) is 6.16. The number of benzene rings is 2. The third-order valence-electron chi connectivity index (χ3n) is 3.01. The van der Waals surface area contributed by atoms with E-state index in [1.54, 1.807) is 36.7 Å². The molecule has 3 rings (SSSR count). The SMILES string of the molecule is O=C(Nc1cccc(O)c1)c1ccc2cnccc2c1. The topological polar surface area (TPSA) is 62.2 Å². The molecule has 0 bridgehead atoms. The van der Waals surface area contributed by atoms with Crippen LogP contribution in [-0.4, -0.2) is 16.0 Å². The fourth-order valence-corrected chi connectivity index (χ4v) is 2.01. The third kappa shape index (κ3) is 2.44. The quantitative estimate of drug-likeness (QED) is 0.747. The van der Waals surface area contributed by atoms with Crippen molar-refractivity contribution >= 4 is 22.4 Å². The molecule has 20 heavy (non-hydrogen) atoms. The van der Waals surface area contributed by atoms with Crippen molar-refractivity contribution < 1.29 is 9.90 Å². The Kier molecular flexibility index (Phi) is 3.05. The lowest BCUT2D eigenvalue weighted by Gasteiger charge is -2.06. The predicted octanol–water partition coefficient (Wildman–Crippen LogP) is 3.19. The average molecular weight is 264 g/mol. The number of hydrogen-bond acceptors (Lipinski definition) is 3. The van der Waals surface area contributed by atoms with Crippen LogP contribution < -0.4 is 5.32 Å². The zero-order valence-corrected chi connectivity index (χ0v) is 10.6. The lowest BCUT2D eigenvalue weighted by Crippen LogP contribution is -2.11. The molecule has 3 aromatic rings. The Morgan fingerprint density at radius 1 is 1.05 bits per heavy atom. The van der Waals surface area contributed by atoms with Crippen molar-refractivity contribution in [3.05, 3.63) is 66.5 Å². The number of pyridine rings is 1. The van der Waals surface area contributed by atoms with E-state index in [1.807, 2.05) is 18.2 Å². The van der Waals surface area contributed by atoms with Gasteiger partial charge < -0.3 is 10.4 Å². The zero-order valence-electron chi connectivity index (χ0n) is 10.6. The first-order chi connectivity index (χ1) is 9.72. The minimum absolute atomic E-state index is 0.118. The number of fused-ring (bicyclic) bond motifs is 1. The van der Waals surface area contributed by atoms with Gasteiger partial charge in [0, 0.05) is 35.1 Å². The van der Waals surface area contributed by atoms with E-state index in [4.69, 9.17) is 0 Å². The van der Waals surface area contributed by atoms with E-state index in [0.29, 0.717) is 11.3 Å². The molecule has 0 saturated carbocycles. The van der Waals surface area contributed by atoms with Crippen molar-refractivity contribution in [1.82, 2.24) is 4.98 Å². The van der Waals surface area contributed by atoms with Gasteiger partial charge in [0.1, 0.15) is 5.75 Å². The maximum Gasteiger partial charge on any atom is 0.255 e. The molecule has 4 heteroatoms. The summed E-state index contributed by atoms with van der Waals surface area (Å²) >= 11 is 0. The molecule has 0 aliphatic carbocycles. The summed E-state index contributed by atoms with van der Waals surface area (Å²) in [5.74, 6) is -0.0956. The van der Waals surface area contributed by atoms with E-state index >= 15 is 0 Å². The molecule has 2 aromatic carbocycles. The van der Waals surface area contributed by atoms with Gasteiger partial charge in [-0.25, -0.2) is 0 Å². The van der Waals surface area contributed by atoms with Crippen LogP contribution in [0.5, 0.6) is 5.75 Å². The summed E-state index contributed by atoms with van der Waals surface area (Å²) in [7, 11) is 0. The number of aromatic hydroxyl groups is 1. The molecule has 0 atom stereocenters. The highest BCUT2D eigenvalue weighted by Crippen LogP contribution is 2.18. The smallest absolute Gasteiger partial charge is 0.255 e. The number of phenols is 1. The van der Waals surface area contributed by atoms with Gasteiger partial charge in [-0.1, -0.05) is 12.1 Å². The summed E-state index contributed by atoms with van der Waals surface area (Å²) < 4.78 is 0. The number of hydrogen-bond donors (Lipinski definition) is 2. The Morgan fingerprint density at radius 3 is 2.80 bits per heavy atom. The van der Waals surface area contributed by atoms with Crippen LogP contribution in [0.15, 0.2) is 60.9 Å². The van der Waals surface area contributed by atoms with Gasteiger partial charge in [0.05, 0.1) is 0 Å². The minimum Gasteiger partial charge on any atom is -0.508 e. The highest BCUT2D eigenvalue weighted by molar-refractivity contribution is 6.06. The molecular weight excluding hydrogens is 252 g/mol. The van der Waals surface area contributed by atoms with E-state index in [0.717, 1.165) is 10.8 Å². The standard InChI is InChI=1S/C16H12N2O2/c19-15-3-1-2-14(9-15)18-16(20)12-4-5-13-10-17-7-6-11(13)8-12/h1-10,19H,(H,18,20). The normalized spacial score (nSPS) is 10.4. The Balaban J connectivity index is 1.88. The molecule has 1 amide bonds. The molecule has 0 saturated heterocycles. The third-order valence-corrected chi connectivity index (χ3v) is 3.01. The average Bonchev–Trinajstić information content (AvgIpc) is 2.47. The Hall–Kier alpha value is -2.88. The summed E-state index contributed by atoms with van der Waals surface area (Å²) in [5.41, 5.74) is 1.12. The molecule has 0 fully saturated rings. The maximum atomic E-state index is 12.2. The van der Waals surface area contributed by atoms with Gasteiger partial charge >= 0.3 is 0 Å². The summed E-state index contributed by atoms with van der Waals surface area (Å²) in [6, 6.07) is 13.7. The number of nitrogens with one attached hydrogen (secondary N) is 1. The molecule has 0 aliphatic heterocycles. The maximum absolute atomic E-state index is 12.2. The zero-order chi connectivity index (χ0) is 13.9. The summed E-state index contributed by atoms with van der Waals surface area (Å²) in [4.78, 5) is 16.2. The summed E-state index contributed by atoms with van der Waals surface area (Å²) in [5, 5.41) is 14.1. The molecular formula is C16H12N2O2. The number of amides is 1. The molecule has 1 heterocycles. The van der Waals surface area contributed by atoms with Crippen molar-refractivity contribution in [3.63, 3.8) is 0 Å². The molecule has 0 spiro atoms. The van der Waals surface area contributed by atoms with E-state index in [2.05, 4.69) is 10.3 Å². The van der Waals surface area contributed by atoms with Crippen LogP contribution in [0.4, 0.5) is 5.69 Å².